The Balaban J connectivity index is 1.80. The van der Waals surface area contributed by atoms with Crippen molar-refractivity contribution in [1.29, 1.82) is 0 Å². The third kappa shape index (κ3) is 2.86. The first-order valence-corrected chi connectivity index (χ1v) is 9.33. The van der Waals surface area contributed by atoms with Gasteiger partial charge in [-0.3, -0.25) is 4.79 Å². The van der Waals surface area contributed by atoms with Crippen LogP contribution in [0.4, 0.5) is 4.39 Å². The van der Waals surface area contributed by atoms with Crippen molar-refractivity contribution in [2.24, 2.45) is 17.8 Å². The zero-order valence-electron chi connectivity index (χ0n) is 15.2. The zero-order valence-corrected chi connectivity index (χ0v) is 15.2. The molecular weight excluding hydrogens is 325 g/mol. The molecule has 1 aliphatic carbocycles. The third-order valence-corrected chi connectivity index (χ3v) is 5.83. The summed E-state index contributed by atoms with van der Waals surface area (Å²) in [6.45, 7) is 4.62. The number of carbonyl (C=O) groups is 1. The molecule has 0 radical (unpaired) electrons. The maximum Gasteiger partial charge on any atom is 0.227 e. The predicted molar refractivity (Wildman–Crippen MR) is 101 cm³/mol. The van der Waals surface area contributed by atoms with E-state index in [1.807, 2.05) is 48.2 Å². The fraction of sp³-hybridized carbons (Fsp3) is 0.348. The van der Waals surface area contributed by atoms with Crippen molar-refractivity contribution in [3.63, 3.8) is 0 Å². The van der Waals surface area contributed by atoms with E-state index in [1.54, 1.807) is 6.07 Å². The number of allylic oxidation sites excluding steroid dienone is 1. The fourth-order valence-electron chi connectivity index (χ4n) is 4.56. The third-order valence-electron chi connectivity index (χ3n) is 5.83. The van der Waals surface area contributed by atoms with Gasteiger partial charge >= 0.3 is 0 Å². The van der Waals surface area contributed by atoms with Crippen LogP contribution in [0.5, 0.6) is 0 Å². The van der Waals surface area contributed by atoms with Gasteiger partial charge in [-0.2, -0.15) is 0 Å². The fourth-order valence-corrected chi connectivity index (χ4v) is 4.56. The van der Waals surface area contributed by atoms with E-state index < -0.39 is 0 Å². The number of likely N-dealkylation sites (tertiary alicyclic amines) is 1. The number of benzene rings is 2. The number of hydrogen-bond acceptors (Lipinski definition) is 1. The molecule has 0 unspecified atom stereocenters. The van der Waals surface area contributed by atoms with Crippen LogP contribution in [-0.4, -0.2) is 10.8 Å². The highest BCUT2D eigenvalue weighted by atomic mass is 19.1. The van der Waals surface area contributed by atoms with Crippen molar-refractivity contribution < 1.29 is 9.18 Å². The van der Waals surface area contributed by atoms with Crippen molar-refractivity contribution in [2.75, 3.05) is 0 Å². The van der Waals surface area contributed by atoms with Gasteiger partial charge in [0.05, 0.1) is 6.04 Å². The van der Waals surface area contributed by atoms with E-state index in [4.69, 9.17) is 0 Å². The van der Waals surface area contributed by atoms with Crippen molar-refractivity contribution >= 4 is 5.91 Å². The van der Waals surface area contributed by atoms with E-state index in [0.717, 1.165) is 17.5 Å². The van der Waals surface area contributed by atoms with Crippen molar-refractivity contribution in [1.82, 2.24) is 4.90 Å². The summed E-state index contributed by atoms with van der Waals surface area (Å²) in [6, 6.07) is 15.0. The lowest BCUT2D eigenvalue weighted by Crippen LogP contribution is -2.31. The van der Waals surface area contributed by atoms with Crippen molar-refractivity contribution in [3.8, 4) is 0 Å². The molecule has 1 aliphatic heterocycles. The summed E-state index contributed by atoms with van der Waals surface area (Å²) in [5, 5.41) is 0. The lowest BCUT2D eigenvalue weighted by Gasteiger charge is -2.30. The average Bonchev–Trinajstić information content (AvgIpc) is 2.91. The molecule has 0 aromatic heterocycles. The highest BCUT2D eigenvalue weighted by Gasteiger charge is 2.50. The molecule has 2 aliphatic rings. The standard InChI is InChI=1S/C23H24FNO/c1-15-11-12-20(24)19(13-15)22-18-10-6-7-16(2)21(18)23(26)25(22)14-17-8-4-3-5-9-17/h3-6,8-13,16,18,21-22H,7,14H2,1-2H3/t16-,18+,21+,22-/m1/s1. The molecule has 0 bridgehead atoms. The molecule has 4 rings (SSSR count). The van der Waals surface area contributed by atoms with E-state index in [0.29, 0.717) is 12.1 Å². The predicted octanol–water partition coefficient (Wildman–Crippen LogP) is 5.05. The van der Waals surface area contributed by atoms with E-state index in [1.165, 1.54) is 6.07 Å². The first kappa shape index (κ1) is 17.0. The molecule has 0 saturated carbocycles. The van der Waals surface area contributed by atoms with Gasteiger partial charge in [-0.25, -0.2) is 4.39 Å². The van der Waals surface area contributed by atoms with E-state index in [2.05, 4.69) is 19.1 Å². The number of carbonyl (C=O) groups excluding carboxylic acids is 1. The Bertz CT molecular complexity index is 845. The molecule has 1 heterocycles. The van der Waals surface area contributed by atoms with Gasteiger partial charge in [-0.15, -0.1) is 0 Å². The second-order valence-corrected chi connectivity index (χ2v) is 7.67. The Kier molecular flexibility index (Phi) is 4.39. The van der Waals surface area contributed by atoms with Gasteiger partial charge in [-0.05, 0) is 30.9 Å². The Morgan fingerprint density at radius 3 is 2.69 bits per heavy atom. The molecule has 2 aromatic carbocycles. The summed E-state index contributed by atoms with van der Waals surface area (Å²) >= 11 is 0. The molecule has 0 N–H and O–H groups in total. The molecule has 134 valence electrons. The van der Waals surface area contributed by atoms with Crippen molar-refractivity contribution in [2.45, 2.75) is 32.9 Å². The smallest absolute Gasteiger partial charge is 0.227 e. The van der Waals surface area contributed by atoms with Gasteiger partial charge in [0, 0.05) is 23.9 Å². The van der Waals surface area contributed by atoms with Crippen LogP contribution < -0.4 is 0 Å². The number of fused-ring (bicyclic) bond motifs is 1. The molecule has 4 atom stereocenters. The Hall–Kier alpha value is -2.42. The largest absolute Gasteiger partial charge is 0.330 e. The normalized spacial score (nSPS) is 27.7. The van der Waals surface area contributed by atoms with Crippen LogP contribution in [0.2, 0.25) is 0 Å². The zero-order chi connectivity index (χ0) is 18.3. The molecule has 1 saturated heterocycles. The summed E-state index contributed by atoms with van der Waals surface area (Å²) in [6.07, 6.45) is 5.21. The number of amides is 1. The van der Waals surface area contributed by atoms with E-state index in [-0.39, 0.29) is 35.5 Å². The number of nitrogens with zero attached hydrogens (tertiary/aromatic N) is 1. The maximum atomic E-state index is 14.8. The Morgan fingerprint density at radius 2 is 1.92 bits per heavy atom. The second-order valence-electron chi connectivity index (χ2n) is 7.67. The molecule has 1 fully saturated rings. The topological polar surface area (TPSA) is 20.3 Å². The highest BCUT2D eigenvalue weighted by Crippen LogP contribution is 2.49. The molecule has 2 aromatic rings. The summed E-state index contributed by atoms with van der Waals surface area (Å²) < 4.78 is 14.8. The van der Waals surface area contributed by atoms with Gasteiger partial charge in [0.2, 0.25) is 5.91 Å². The van der Waals surface area contributed by atoms with Crippen LogP contribution in [0.3, 0.4) is 0 Å². The summed E-state index contributed by atoms with van der Waals surface area (Å²) in [5.41, 5.74) is 2.74. The lowest BCUT2D eigenvalue weighted by molar-refractivity contribution is -0.134. The monoisotopic (exact) mass is 349 g/mol. The molecule has 0 spiro atoms. The van der Waals surface area contributed by atoms with Gasteiger partial charge in [0.1, 0.15) is 5.82 Å². The maximum absolute atomic E-state index is 14.8. The number of hydrogen-bond donors (Lipinski definition) is 0. The minimum absolute atomic E-state index is 0.0336. The van der Waals surface area contributed by atoms with Crippen LogP contribution >= 0.6 is 0 Å². The van der Waals surface area contributed by atoms with Gasteiger partial charge < -0.3 is 4.90 Å². The van der Waals surface area contributed by atoms with Gasteiger partial charge in [0.25, 0.3) is 0 Å². The second kappa shape index (κ2) is 6.71. The van der Waals surface area contributed by atoms with E-state index >= 15 is 0 Å². The van der Waals surface area contributed by atoms with E-state index in [9.17, 15) is 9.18 Å². The molecule has 2 nitrogen and oxygen atoms in total. The lowest BCUT2D eigenvalue weighted by atomic mass is 9.75. The highest BCUT2D eigenvalue weighted by molar-refractivity contribution is 5.83. The van der Waals surface area contributed by atoms with Gasteiger partial charge in [0.15, 0.2) is 0 Å². The first-order chi connectivity index (χ1) is 12.6. The molecule has 26 heavy (non-hydrogen) atoms. The minimum Gasteiger partial charge on any atom is -0.330 e. The van der Waals surface area contributed by atoms with Crippen LogP contribution in [0.1, 0.15) is 36.1 Å². The molecule has 1 amide bonds. The van der Waals surface area contributed by atoms with Crippen LogP contribution in [0.15, 0.2) is 60.7 Å². The molecule has 3 heteroatoms. The Labute approximate surface area is 154 Å². The summed E-state index contributed by atoms with van der Waals surface area (Å²) in [5.74, 6) is 0.189. The van der Waals surface area contributed by atoms with Crippen LogP contribution in [0.25, 0.3) is 0 Å². The van der Waals surface area contributed by atoms with Crippen LogP contribution in [-0.2, 0) is 11.3 Å². The number of halogens is 1. The SMILES string of the molecule is Cc1ccc(F)c([C@H]2[C@H]3C=CC[C@@H](C)[C@@H]3C(=O)N2Cc2ccccc2)c1. The summed E-state index contributed by atoms with van der Waals surface area (Å²) in [4.78, 5) is 15.2. The number of aryl methyl sites for hydroxylation is 1. The van der Waals surface area contributed by atoms with Crippen molar-refractivity contribution in [3.05, 3.63) is 83.2 Å². The van der Waals surface area contributed by atoms with Gasteiger partial charge in [-0.1, -0.05) is 67.1 Å². The number of rotatable bonds is 3. The summed E-state index contributed by atoms with van der Waals surface area (Å²) in [7, 11) is 0. The van der Waals surface area contributed by atoms with Crippen LogP contribution in [0, 0.1) is 30.5 Å². The Morgan fingerprint density at radius 1 is 1.15 bits per heavy atom. The minimum atomic E-state index is -0.244. The molecular formula is C23H24FNO. The quantitative estimate of drug-likeness (QED) is 0.711. The average molecular weight is 349 g/mol. The first-order valence-electron chi connectivity index (χ1n) is 9.33.